The topological polar surface area (TPSA) is 3.24 Å². The fourth-order valence-corrected chi connectivity index (χ4v) is 11.8. The molecule has 0 radical (unpaired) electrons. The Kier molecular flexibility index (Phi) is 6.29. The van der Waals surface area contributed by atoms with Crippen molar-refractivity contribution in [2.45, 2.75) is 39.3 Å². The first kappa shape index (κ1) is 29.0. The predicted molar refractivity (Wildman–Crippen MR) is 209 cm³/mol. The lowest BCUT2D eigenvalue weighted by molar-refractivity contribution is 0.660. The van der Waals surface area contributed by atoms with Crippen LogP contribution in [-0.4, -0.2) is 8.07 Å². The van der Waals surface area contributed by atoms with Crippen LogP contribution in [0.25, 0.3) is 44.2 Å². The molecule has 232 valence electrons. The maximum absolute atomic E-state index is 2.53. The number of hydrogen-bond acceptors (Lipinski definition) is 1. The van der Waals surface area contributed by atoms with Crippen LogP contribution < -0.4 is 15.3 Å². The van der Waals surface area contributed by atoms with Crippen LogP contribution in [0.15, 0.2) is 146 Å². The summed E-state index contributed by atoms with van der Waals surface area (Å²) in [7, 11) is -1.96. The minimum atomic E-state index is -1.96. The zero-order chi connectivity index (χ0) is 32.8. The maximum Gasteiger partial charge on any atom is 0.113 e. The number of rotatable bonds is 4. The molecule has 0 saturated carbocycles. The Morgan fingerprint density at radius 2 is 1.19 bits per heavy atom. The van der Waals surface area contributed by atoms with E-state index in [1.54, 1.807) is 5.19 Å². The van der Waals surface area contributed by atoms with Crippen molar-refractivity contribution >= 4 is 46.3 Å². The Bertz CT molecular complexity index is 2420. The van der Waals surface area contributed by atoms with Crippen LogP contribution in [0.3, 0.4) is 0 Å². The summed E-state index contributed by atoms with van der Waals surface area (Å²) >= 11 is 0. The molecule has 0 unspecified atom stereocenters. The molecule has 0 bridgehead atoms. The first-order valence-corrected chi connectivity index (χ1v) is 20.1. The van der Waals surface area contributed by atoms with E-state index < -0.39 is 8.07 Å². The van der Waals surface area contributed by atoms with Gasteiger partial charge >= 0.3 is 0 Å². The van der Waals surface area contributed by atoms with Crippen molar-refractivity contribution in [1.29, 1.82) is 0 Å². The van der Waals surface area contributed by atoms with Crippen LogP contribution in [0, 0.1) is 6.92 Å². The second-order valence-corrected chi connectivity index (χ2v) is 19.0. The lowest BCUT2D eigenvalue weighted by Gasteiger charge is -2.36. The van der Waals surface area contributed by atoms with Gasteiger partial charge in [0.25, 0.3) is 0 Å². The molecule has 0 atom stereocenters. The molecule has 2 heteroatoms. The van der Waals surface area contributed by atoms with Gasteiger partial charge in [-0.2, -0.15) is 0 Å². The molecule has 0 spiro atoms. The Morgan fingerprint density at radius 1 is 0.500 bits per heavy atom. The number of nitrogens with zero attached hydrogens (tertiary/aromatic N) is 1. The lowest BCUT2D eigenvalue weighted by Crippen LogP contribution is -2.55. The molecular formula is C46H39NSi. The number of hydrogen-bond donors (Lipinski definition) is 0. The minimum Gasteiger partial charge on any atom is -0.309 e. The second-order valence-electron chi connectivity index (χ2n) is 14.7. The average molecular weight is 634 g/mol. The Labute approximate surface area is 285 Å². The summed E-state index contributed by atoms with van der Waals surface area (Å²) in [5, 5.41) is 5.79. The van der Waals surface area contributed by atoms with Crippen LogP contribution in [-0.2, 0) is 5.41 Å². The van der Waals surface area contributed by atoms with Crippen molar-refractivity contribution in [1.82, 2.24) is 0 Å². The summed E-state index contributed by atoms with van der Waals surface area (Å²) in [6, 6.07) is 54.7. The van der Waals surface area contributed by atoms with E-state index in [0.29, 0.717) is 0 Å². The summed E-state index contributed by atoms with van der Waals surface area (Å²) in [5.41, 5.74) is 15.5. The third-order valence-electron chi connectivity index (χ3n) is 11.1. The van der Waals surface area contributed by atoms with Crippen LogP contribution in [0.2, 0.25) is 13.1 Å². The fourth-order valence-electron chi connectivity index (χ4n) is 8.66. The van der Waals surface area contributed by atoms with E-state index in [1.165, 1.54) is 83.1 Å². The Balaban J connectivity index is 1.35. The molecule has 1 heterocycles. The molecule has 0 amide bonds. The van der Waals surface area contributed by atoms with E-state index in [4.69, 9.17) is 0 Å². The zero-order valence-electron chi connectivity index (χ0n) is 28.3. The van der Waals surface area contributed by atoms with Crippen LogP contribution >= 0.6 is 0 Å². The molecule has 48 heavy (non-hydrogen) atoms. The predicted octanol–water partition coefficient (Wildman–Crippen LogP) is 11.4. The highest BCUT2D eigenvalue weighted by Gasteiger charge is 2.38. The van der Waals surface area contributed by atoms with Gasteiger partial charge < -0.3 is 4.90 Å². The summed E-state index contributed by atoms with van der Waals surface area (Å²) in [5.74, 6) is 0. The SMILES string of the molecule is Cc1ccc2c(c1)[Si](C)(C)c1cccc3c(N(c4ccc5c(c4)C(C)(C)c4ccccc4-5)c4ccccc4-c4ccccc4)ccc-2c13. The number of fused-ring (bicyclic) bond motifs is 5. The molecule has 9 rings (SSSR count). The number of benzene rings is 7. The Hall–Kier alpha value is -5.18. The quantitative estimate of drug-likeness (QED) is 0.174. The van der Waals surface area contributed by atoms with Crippen LogP contribution in [0.5, 0.6) is 0 Å². The number of para-hydroxylation sites is 1. The lowest BCUT2D eigenvalue weighted by atomic mass is 9.82. The minimum absolute atomic E-state index is 0.0933. The van der Waals surface area contributed by atoms with E-state index >= 15 is 0 Å². The third kappa shape index (κ3) is 4.09. The van der Waals surface area contributed by atoms with Gasteiger partial charge in [-0.1, -0.05) is 154 Å². The highest BCUT2D eigenvalue weighted by molar-refractivity contribution is 7.03. The summed E-state index contributed by atoms with van der Waals surface area (Å²) < 4.78 is 0. The van der Waals surface area contributed by atoms with Crippen molar-refractivity contribution in [3.63, 3.8) is 0 Å². The maximum atomic E-state index is 2.53. The van der Waals surface area contributed by atoms with E-state index in [2.05, 4.69) is 184 Å². The molecule has 0 saturated heterocycles. The summed E-state index contributed by atoms with van der Waals surface area (Å²) in [4.78, 5) is 2.53. The van der Waals surface area contributed by atoms with E-state index in [0.717, 1.165) is 0 Å². The number of anilines is 3. The third-order valence-corrected chi connectivity index (χ3v) is 14.6. The van der Waals surface area contributed by atoms with Gasteiger partial charge in [-0.25, -0.2) is 0 Å². The van der Waals surface area contributed by atoms with E-state index in [1.807, 2.05) is 0 Å². The smallest absolute Gasteiger partial charge is 0.113 e. The first-order valence-electron chi connectivity index (χ1n) is 17.1. The molecule has 1 aliphatic heterocycles. The number of aryl methyl sites for hydroxylation is 1. The fraction of sp³-hybridized carbons (Fsp3) is 0.130. The van der Waals surface area contributed by atoms with Gasteiger partial charge in [0.05, 0.1) is 11.4 Å². The highest BCUT2D eigenvalue weighted by atomic mass is 28.3. The van der Waals surface area contributed by atoms with Gasteiger partial charge in [0.2, 0.25) is 0 Å². The standard InChI is InChI=1S/C46H39NSi/c1-30-22-24-36-37-26-27-42(38-18-13-21-43(45(37)38)48(4,5)44(36)28-30)47(41-20-12-10-16-33(41)31-14-7-6-8-15-31)32-23-25-35-34-17-9-11-19-39(34)46(2,3)40(35)29-32/h6-29H,1-5H3. The van der Waals surface area contributed by atoms with Crippen molar-refractivity contribution in [2.24, 2.45) is 0 Å². The van der Waals surface area contributed by atoms with E-state index in [-0.39, 0.29) is 5.41 Å². The highest BCUT2D eigenvalue weighted by Crippen LogP contribution is 2.52. The summed E-state index contributed by atoms with van der Waals surface area (Å²) in [6.07, 6.45) is 0. The van der Waals surface area contributed by atoms with Crippen molar-refractivity contribution in [3.05, 3.63) is 162 Å². The average Bonchev–Trinajstić information content (AvgIpc) is 3.34. The zero-order valence-corrected chi connectivity index (χ0v) is 29.3. The molecule has 0 aromatic heterocycles. The first-order chi connectivity index (χ1) is 23.2. The molecule has 0 fully saturated rings. The van der Waals surface area contributed by atoms with E-state index in [9.17, 15) is 0 Å². The molecule has 1 nitrogen and oxygen atoms in total. The van der Waals surface area contributed by atoms with Crippen LogP contribution in [0.1, 0.15) is 30.5 Å². The largest absolute Gasteiger partial charge is 0.309 e. The molecular weight excluding hydrogens is 595 g/mol. The summed E-state index contributed by atoms with van der Waals surface area (Å²) in [6.45, 7) is 12.0. The van der Waals surface area contributed by atoms with Crippen LogP contribution in [0.4, 0.5) is 17.1 Å². The van der Waals surface area contributed by atoms with Gasteiger partial charge in [0.15, 0.2) is 0 Å². The second kappa shape index (κ2) is 10.4. The molecule has 2 aliphatic rings. The molecule has 0 N–H and O–H groups in total. The van der Waals surface area contributed by atoms with Crippen molar-refractivity contribution in [3.8, 4) is 33.4 Å². The Morgan fingerprint density at radius 3 is 2.02 bits per heavy atom. The van der Waals surface area contributed by atoms with Gasteiger partial charge in [-0.15, -0.1) is 0 Å². The monoisotopic (exact) mass is 633 g/mol. The normalized spacial score (nSPS) is 14.7. The van der Waals surface area contributed by atoms with Crippen molar-refractivity contribution in [2.75, 3.05) is 4.90 Å². The molecule has 7 aromatic rings. The molecule has 7 aromatic carbocycles. The molecule has 1 aliphatic carbocycles. The van der Waals surface area contributed by atoms with Crippen molar-refractivity contribution < 1.29 is 0 Å². The van der Waals surface area contributed by atoms with Gasteiger partial charge in [0.1, 0.15) is 8.07 Å². The van der Waals surface area contributed by atoms with Gasteiger partial charge in [-0.05, 0) is 85.9 Å². The van der Waals surface area contributed by atoms with Gasteiger partial charge in [0, 0.05) is 22.1 Å². The van der Waals surface area contributed by atoms with Gasteiger partial charge in [-0.3, -0.25) is 0 Å².